The van der Waals surface area contributed by atoms with E-state index in [0.29, 0.717) is 17.9 Å². The predicted octanol–water partition coefficient (Wildman–Crippen LogP) is 4.07. The number of ketones is 1. The molecule has 0 atom stereocenters. The Morgan fingerprint density at radius 1 is 1.36 bits per heavy atom. The van der Waals surface area contributed by atoms with Crippen molar-refractivity contribution in [2.24, 2.45) is 10.6 Å². The number of rotatable bonds is 6. The second-order valence-electron chi connectivity index (χ2n) is 6.17. The first kappa shape index (κ1) is 16.5. The number of ether oxygens (including phenoxy) is 1. The van der Waals surface area contributed by atoms with Gasteiger partial charge in [-0.15, -0.1) is 4.91 Å². The van der Waals surface area contributed by atoms with E-state index in [0.717, 1.165) is 38.0 Å². The Morgan fingerprint density at radius 2 is 2.05 bits per heavy atom. The summed E-state index contributed by atoms with van der Waals surface area (Å²) in [5.41, 5.74) is 1.51. The molecule has 22 heavy (non-hydrogen) atoms. The summed E-state index contributed by atoms with van der Waals surface area (Å²) >= 11 is 0. The molecule has 0 unspecified atom stereocenters. The third kappa shape index (κ3) is 3.46. The molecule has 120 valence electrons. The summed E-state index contributed by atoms with van der Waals surface area (Å²) < 4.78 is 5.22. The average Bonchev–Trinajstić information content (AvgIpc) is 2.54. The topological polar surface area (TPSA) is 59.0 Å². The van der Waals surface area contributed by atoms with Gasteiger partial charge in [0.05, 0.1) is 7.11 Å². The van der Waals surface area contributed by atoms with Crippen LogP contribution in [0.1, 0.15) is 39.5 Å². The zero-order chi connectivity index (χ0) is 16.2. The molecule has 0 aliphatic carbocycles. The van der Waals surface area contributed by atoms with Crippen LogP contribution in [0.5, 0.6) is 5.75 Å². The van der Waals surface area contributed by atoms with Gasteiger partial charge in [0.2, 0.25) is 0 Å². The summed E-state index contributed by atoms with van der Waals surface area (Å²) in [7, 11) is 1.54. The van der Waals surface area contributed by atoms with E-state index < -0.39 is 0 Å². The zero-order valence-electron chi connectivity index (χ0n) is 13.6. The molecule has 5 heteroatoms. The number of nitroso groups, excluding NO2 is 1. The van der Waals surface area contributed by atoms with Crippen LogP contribution in [-0.4, -0.2) is 26.0 Å². The highest BCUT2D eigenvalue weighted by Gasteiger charge is 2.34. The number of hydrogen-bond acceptors (Lipinski definition) is 5. The average molecular weight is 304 g/mol. The van der Waals surface area contributed by atoms with Crippen molar-refractivity contribution in [3.8, 4) is 5.75 Å². The normalized spacial score (nSPS) is 17.1. The lowest BCUT2D eigenvalue weighted by atomic mass is 9.72. The fraction of sp³-hybridized carbons (Fsp3) is 0.588. The van der Waals surface area contributed by atoms with E-state index in [1.807, 2.05) is 12.1 Å². The molecule has 1 saturated heterocycles. The fourth-order valence-corrected chi connectivity index (χ4v) is 3.36. The van der Waals surface area contributed by atoms with Crippen LogP contribution < -0.4 is 9.64 Å². The third-order valence-electron chi connectivity index (χ3n) is 4.82. The lowest BCUT2D eigenvalue weighted by molar-refractivity contribution is -0.119. The Hall–Kier alpha value is -1.91. The first-order valence-corrected chi connectivity index (χ1v) is 7.79. The van der Waals surface area contributed by atoms with Gasteiger partial charge in [-0.2, -0.15) is 0 Å². The number of hydrogen-bond donors (Lipinski definition) is 0. The van der Waals surface area contributed by atoms with Crippen molar-refractivity contribution in [3.63, 3.8) is 0 Å². The van der Waals surface area contributed by atoms with Crippen molar-refractivity contribution in [2.75, 3.05) is 25.1 Å². The highest BCUT2D eigenvalue weighted by Crippen LogP contribution is 2.40. The summed E-state index contributed by atoms with van der Waals surface area (Å²) in [6.07, 6.45) is 3.74. The maximum absolute atomic E-state index is 11.5. The van der Waals surface area contributed by atoms with Crippen molar-refractivity contribution >= 4 is 17.2 Å². The van der Waals surface area contributed by atoms with Gasteiger partial charge < -0.3 is 14.4 Å². The van der Waals surface area contributed by atoms with Gasteiger partial charge in [-0.1, -0.05) is 6.92 Å². The number of carbonyl (C=O) groups excluding carboxylic acids is 1. The number of benzene rings is 1. The molecule has 0 N–H and O–H groups in total. The van der Waals surface area contributed by atoms with Gasteiger partial charge in [-0.3, -0.25) is 0 Å². The van der Waals surface area contributed by atoms with Crippen LogP contribution in [0.25, 0.3) is 0 Å². The lowest BCUT2D eigenvalue weighted by Gasteiger charge is -2.42. The van der Waals surface area contributed by atoms with Gasteiger partial charge in [-0.25, -0.2) is 0 Å². The van der Waals surface area contributed by atoms with Crippen LogP contribution in [0.4, 0.5) is 11.4 Å². The summed E-state index contributed by atoms with van der Waals surface area (Å²) in [5, 5.41) is 2.97. The first-order valence-electron chi connectivity index (χ1n) is 7.79. The van der Waals surface area contributed by atoms with E-state index in [9.17, 15) is 9.70 Å². The van der Waals surface area contributed by atoms with Crippen LogP contribution in [0, 0.1) is 10.3 Å². The van der Waals surface area contributed by atoms with E-state index in [1.165, 1.54) is 0 Å². The molecule has 0 saturated carbocycles. The molecular formula is C17H24N2O3. The monoisotopic (exact) mass is 304 g/mol. The SMILES string of the molecule is CCC1(CC(C)=O)CCN(c2ccc(N=O)c(OC)c2)CC1. The lowest BCUT2D eigenvalue weighted by Crippen LogP contribution is -2.40. The Labute approximate surface area is 131 Å². The Bertz CT molecular complexity index is 549. The van der Waals surface area contributed by atoms with Crippen LogP contribution in [0.15, 0.2) is 23.4 Å². The minimum atomic E-state index is 0.150. The molecule has 5 nitrogen and oxygen atoms in total. The molecule has 1 aromatic carbocycles. The van der Waals surface area contributed by atoms with Crippen LogP contribution in [-0.2, 0) is 4.79 Å². The van der Waals surface area contributed by atoms with Gasteiger partial charge >= 0.3 is 0 Å². The minimum absolute atomic E-state index is 0.150. The summed E-state index contributed by atoms with van der Waals surface area (Å²) in [4.78, 5) is 24.5. The largest absolute Gasteiger partial charge is 0.494 e. The number of anilines is 1. The van der Waals surface area contributed by atoms with Crippen LogP contribution >= 0.6 is 0 Å². The standard InChI is InChI=1S/C17H24N2O3/c1-4-17(12-13(2)20)7-9-19(10-8-17)14-5-6-15(18-21)16(11-14)22-3/h5-6,11H,4,7-10,12H2,1-3H3. The van der Waals surface area contributed by atoms with E-state index >= 15 is 0 Å². The van der Waals surface area contributed by atoms with Gasteiger partial charge in [0.15, 0.2) is 0 Å². The number of nitrogens with zero attached hydrogens (tertiary/aromatic N) is 2. The maximum Gasteiger partial charge on any atom is 0.150 e. The quantitative estimate of drug-likeness (QED) is 0.743. The molecule has 1 heterocycles. The van der Waals surface area contributed by atoms with Crippen molar-refractivity contribution in [2.45, 2.75) is 39.5 Å². The van der Waals surface area contributed by atoms with Gasteiger partial charge in [0.1, 0.15) is 17.2 Å². The summed E-state index contributed by atoms with van der Waals surface area (Å²) in [6.45, 7) is 5.68. The molecule has 1 fully saturated rings. The van der Waals surface area contributed by atoms with Crippen molar-refractivity contribution in [3.05, 3.63) is 23.1 Å². The van der Waals surface area contributed by atoms with E-state index in [-0.39, 0.29) is 11.2 Å². The molecule has 1 aliphatic rings. The molecule has 0 radical (unpaired) electrons. The van der Waals surface area contributed by atoms with Gasteiger partial charge in [0.25, 0.3) is 0 Å². The second kappa shape index (κ2) is 6.90. The zero-order valence-corrected chi connectivity index (χ0v) is 13.6. The summed E-state index contributed by atoms with van der Waals surface area (Å²) in [6, 6.07) is 5.46. The van der Waals surface area contributed by atoms with Gasteiger partial charge in [-0.05, 0) is 48.9 Å². The van der Waals surface area contributed by atoms with Crippen molar-refractivity contribution < 1.29 is 9.53 Å². The number of carbonyl (C=O) groups is 1. The second-order valence-corrected chi connectivity index (χ2v) is 6.17. The van der Waals surface area contributed by atoms with Gasteiger partial charge in [0, 0.05) is 31.3 Å². The molecule has 0 bridgehead atoms. The van der Waals surface area contributed by atoms with E-state index in [2.05, 4.69) is 17.0 Å². The number of methoxy groups -OCH3 is 1. The molecule has 1 aromatic rings. The smallest absolute Gasteiger partial charge is 0.150 e. The third-order valence-corrected chi connectivity index (χ3v) is 4.82. The van der Waals surface area contributed by atoms with Crippen molar-refractivity contribution in [1.82, 2.24) is 0 Å². The molecule has 0 spiro atoms. The van der Waals surface area contributed by atoms with E-state index in [4.69, 9.17) is 4.74 Å². The number of piperidine rings is 1. The highest BCUT2D eigenvalue weighted by atomic mass is 16.5. The van der Waals surface area contributed by atoms with Crippen molar-refractivity contribution in [1.29, 1.82) is 0 Å². The van der Waals surface area contributed by atoms with E-state index in [1.54, 1.807) is 20.1 Å². The summed E-state index contributed by atoms with van der Waals surface area (Å²) in [5.74, 6) is 0.780. The first-order chi connectivity index (χ1) is 10.5. The molecule has 1 aliphatic heterocycles. The Balaban J connectivity index is 2.11. The fourth-order valence-electron chi connectivity index (χ4n) is 3.36. The molecule has 0 amide bonds. The van der Waals surface area contributed by atoms with Crippen LogP contribution in [0.3, 0.4) is 0 Å². The molecular weight excluding hydrogens is 280 g/mol. The van der Waals surface area contributed by atoms with Crippen LogP contribution in [0.2, 0.25) is 0 Å². The minimum Gasteiger partial charge on any atom is -0.494 e. The predicted molar refractivity (Wildman–Crippen MR) is 87.9 cm³/mol. The Kier molecular flexibility index (Phi) is 5.16. The highest BCUT2D eigenvalue weighted by molar-refractivity contribution is 5.76. The number of Topliss-reactive ketones (excluding diaryl/α,β-unsaturated/α-hetero) is 1. The maximum atomic E-state index is 11.5. The molecule has 2 rings (SSSR count). The molecule has 0 aromatic heterocycles. The Morgan fingerprint density at radius 3 is 2.55 bits per heavy atom.